The van der Waals surface area contributed by atoms with Gasteiger partial charge in [0.2, 0.25) is 10.0 Å². The normalized spacial score (nSPS) is 19.8. The van der Waals surface area contributed by atoms with Gasteiger partial charge in [-0.05, 0) is 31.4 Å². The first kappa shape index (κ1) is 17.8. The number of nitrogens with two attached hydrogens (primary N) is 1. The molecule has 1 fully saturated rings. The first-order chi connectivity index (χ1) is 9.46. The van der Waals surface area contributed by atoms with Crippen LogP contribution in [0.4, 0.5) is 5.69 Å². The maximum Gasteiger partial charge on any atom is 0.289 e. The molecule has 1 aliphatic rings. The third-order valence-corrected chi connectivity index (χ3v) is 5.41. The largest absolute Gasteiger partial charge is 0.330 e. The second-order valence-corrected chi connectivity index (χ2v) is 6.74. The van der Waals surface area contributed by atoms with Crippen molar-refractivity contribution in [1.82, 2.24) is 4.31 Å². The maximum absolute atomic E-state index is 12.6. The van der Waals surface area contributed by atoms with Crippen molar-refractivity contribution in [3.8, 4) is 0 Å². The molecule has 1 aromatic carbocycles. The zero-order valence-electron chi connectivity index (χ0n) is 11.3. The summed E-state index contributed by atoms with van der Waals surface area (Å²) in [7, 11) is -3.84. The lowest BCUT2D eigenvalue weighted by Crippen LogP contribution is -2.42. The molecule has 1 atom stereocenters. The van der Waals surface area contributed by atoms with Crippen LogP contribution in [0.5, 0.6) is 0 Å². The summed E-state index contributed by atoms with van der Waals surface area (Å²) < 4.78 is 26.4. The fraction of sp³-hybridized carbons (Fsp3) is 0.500. The van der Waals surface area contributed by atoms with Gasteiger partial charge in [-0.25, -0.2) is 8.42 Å². The topological polar surface area (TPSA) is 107 Å². The molecular formula is C12H18ClN3O4S. The number of benzene rings is 1. The number of nitro groups is 1. The van der Waals surface area contributed by atoms with E-state index in [4.69, 9.17) is 5.73 Å². The summed E-state index contributed by atoms with van der Waals surface area (Å²) in [5, 5.41) is 11.0. The van der Waals surface area contributed by atoms with Gasteiger partial charge in [0.15, 0.2) is 4.90 Å². The van der Waals surface area contributed by atoms with Crippen molar-refractivity contribution < 1.29 is 13.3 Å². The highest BCUT2D eigenvalue weighted by Crippen LogP contribution is 2.29. The predicted molar refractivity (Wildman–Crippen MR) is 80.9 cm³/mol. The minimum Gasteiger partial charge on any atom is -0.330 e. The highest BCUT2D eigenvalue weighted by Gasteiger charge is 2.34. The van der Waals surface area contributed by atoms with E-state index >= 15 is 0 Å². The minimum atomic E-state index is -3.84. The van der Waals surface area contributed by atoms with Crippen molar-refractivity contribution in [3.05, 3.63) is 34.4 Å². The number of para-hydroxylation sites is 1. The van der Waals surface area contributed by atoms with E-state index in [0.29, 0.717) is 19.6 Å². The third kappa shape index (κ3) is 3.70. The van der Waals surface area contributed by atoms with E-state index < -0.39 is 14.9 Å². The van der Waals surface area contributed by atoms with Gasteiger partial charge < -0.3 is 5.73 Å². The molecule has 1 heterocycles. The highest BCUT2D eigenvalue weighted by molar-refractivity contribution is 7.89. The number of hydrogen-bond acceptors (Lipinski definition) is 5. The zero-order chi connectivity index (χ0) is 14.8. The van der Waals surface area contributed by atoms with Gasteiger partial charge in [0.1, 0.15) is 0 Å². The molecule has 21 heavy (non-hydrogen) atoms. The Morgan fingerprint density at radius 1 is 1.38 bits per heavy atom. The molecule has 7 nitrogen and oxygen atoms in total. The van der Waals surface area contributed by atoms with Gasteiger partial charge in [0.05, 0.1) is 4.92 Å². The second kappa shape index (κ2) is 7.17. The standard InChI is InChI=1S/C12H17N3O4S.ClH/c13-8-10-4-3-7-14(9-10)20(18,19)12-6-2-1-5-11(12)15(16)17;/h1-2,5-6,10H,3-4,7-9,13H2;1H. The summed E-state index contributed by atoms with van der Waals surface area (Å²) in [6.45, 7) is 1.12. The summed E-state index contributed by atoms with van der Waals surface area (Å²) in [5.41, 5.74) is 5.21. The van der Waals surface area contributed by atoms with Crippen LogP contribution in [-0.4, -0.2) is 37.3 Å². The quantitative estimate of drug-likeness (QED) is 0.660. The van der Waals surface area contributed by atoms with Gasteiger partial charge in [-0.1, -0.05) is 12.1 Å². The highest BCUT2D eigenvalue weighted by atomic mass is 35.5. The second-order valence-electron chi connectivity index (χ2n) is 4.83. The molecule has 2 N–H and O–H groups in total. The minimum absolute atomic E-state index is 0. The maximum atomic E-state index is 12.6. The Balaban J connectivity index is 0.00000220. The first-order valence-electron chi connectivity index (χ1n) is 6.40. The molecule has 0 spiro atoms. The smallest absolute Gasteiger partial charge is 0.289 e. The lowest BCUT2D eigenvalue weighted by Gasteiger charge is -2.31. The van der Waals surface area contributed by atoms with Crippen LogP contribution in [0.25, 0.3) is 0 Å². The van der Waals surface area contributed by atoms with Crippen LogP contribution in [-0.2, 0) is 10.0 Å². The SMILES string of the molecule is Cl.NCC1CCCN(S(=O)(=O)c2ccccc2[N+](=O)[O-])C1. The summed E-state index contributed by atoms with van der Waals surface area (Å²) in [4.78, 5) is 10.1. The molecule has 0 saturated carbocycles. The number of piperidine rings is 1. The van der Waals surface area contributed by atoms with Crippen molar-refractivity contribution in [1.29, 1.82) is 0 Å². The molecule has 9 heteroatoms. The van der Waals surface area contributed by atoms with Crippen LogP contribution in [0.15, 0.2) is 29.2 Å². The Bertz CT molecular complexity index is 608. The van der Waals surface area contributed by atoms with Crippen molar-refractivity contribution >= 4 is 28.1 Å². The molecule has 1 unspecified atom stereocenters. The van der Waals surface area contributed by atoms with Crippen LogP contribution in [0.2, 0.25) is 0 Å². The van der Waals surface area contributed by atoms with Crippen molar-refractivity contribution in [2.75, 3.05) is 19.6 Å². The van der Waals surface area contributed by atoms with E-state index in [1.807, 2.05) is 0 Å². The van der Waals surface area contributed by atoms with E-state index in [9.17, 15) is 18.5 Å². The van der Waals surface area contributed by atoms with E-state index in [1.54, 1.807) is 0 Å². The van der Waals surface area contributed by atoms with Gasteiger partial charge in [-0.3, -0.25) is 10.1 Å². The molecule has 1 saturated heterocycles. The lowest BCUT2D eigenvalue weighted by atomic mass is 10.0. The Morgan fingerprint density at radius 3 is 2.67 bits per heavy atom. The van der Waals surface area contributed by atoms with Gasteiger partial charge in [-0.15, -0.1) is 12.4 Å². The molecule has 2 rings (SSSR count). The Morgan fingerprint density at radius 2 is 2.05 bits per heavy atom. The first-order valence-corrected chi connectivity index (χ1v) is 7.84. The van der Waals surface area contributed by atoms with Crippen molar-refractivity contribution in [2.24, 2.45) is 11.7 Å². The van der Waals surface area contributed by atoms with E-state index in [-0.39, 0.29) is 28.9 Å². The third-order valence-electron chi connectivity index (χ3n) is 3.49. The number of nitrogens with zero attached hydrogens (tertiary/aromatic N) is 2. The van der Waals surface area contributed by atoms with Gasteiger partial charge in [0.25, 0.3) is 5.69 Å². The molecule has 118 valence electrons. The van der Waals surface area contributed by atoms with Gasteiger partial charge in [-0.2, -0.15) is 4.31 Å². The average Bonchev–Trinajstić information content (AvgIpc) is 2.47. The van der Waals surface area contributed by atoms with E-state index in [1.165, 1.54) is 28.6 Å². The Kier molecular flexibility index (Phi) is 6.09. The molecule has 1 aromatic rings. The monoisotopic (exact) mass is 335 g/mol. The molecule has 0 aromatic heterocycles. The summed E-state index contributed by atoms with van der Waals surface area (Å²) in [5.74, 6) is 0.112. The van der Waals surface area contributed by atoms with Crippen molar-refractivity contribution in [2.45, 2.75) is 17.7 Å². The molecule has 0 aliphatic carbocycles. The average molecular weight is 336 g/mol. The van der Waals surface area contributed by atoms with Crippen molar-refractivity contribution in [3.63, 3.8) is 0 Å². The van der Waals surface area contributed by atoms with Crippen LogP contribution >= 0.6 is 12.4 Å². The number of nitro benzene ring substituents is 1. The van der Waals surface area contributed by atoms with Crippen LogP contribution in [0.3, 0.4) is 0 Å². The number of hydrogen-bond donors (Lipinski definition) is 1. The van der Waals surface area contributed by atoms with Crippen LogP contribution < -0.4 is 5.73 Å². The van der Waals surface area contributed by atoms with E-state index in [0.717, 1.165) is 12.8 Å². The zero-order valence-corrected chi connectivity index (χ0v) is 13.0. The fourth-order valence-corrected chi connectivity index (χ4v) is 4.11. The Hall–Kier alpha value is -1.22. The summed E-state index contributed by atoms with van der Waals surface area (Å²) >= 11 is 0. The number of rotatable bonds is 4. The van der Waals surface area contributed by atoms with Gasteiger partial charge >= 0.3 is 0 Å². The fourth-order valence-electron chi connectivity index (χ4n) is 2.40. The molecule has 0 radical (unpaired) electrons. The molecule has 1 aliphatic heterocycles. The number of sulfonamides is 1. The Labute approximate surface area is 129 Å². The van der Waals surface area contributed by atoms with Crippen LogP contribution in [0, 0.1) is 16.0 Å². The number of halogens is 1. The van der Waals surface area contributed by atoms with E-state index in [2.05, 4.69) is 0 Å². The summed E-state index contributed by atoms with van der Waals surface area (Å²) in [6.07, 6.45) is 1.61. The summed E-state index contributed by atoms with van der Waals surface area (Å²) in [6, 6.07) is 5.43. The van der Waals surface area contributed by atoms with Crippen LogP contribution in [0.1, 0.15) is 12.8 Å². The lowest BCUT2D eigenvalue weighted by molar-refractivity contribution is -0.387. The van der Waals surface area contributed by atoms with Gasteiger partial charge in [0, 0.05) is 19.2 Å². The molecule has 0 bridgehead atoms. The molecule has 0 amide bonds. The predicted octanol–water partition coefficient (Wildman–Crippen LogP) is 1.38. The molecular weight excluding hydrogens is 318 g/mol.